The van der Waals surface area contributed by atoms with Crippen LogP contribution in [0.3, 0.4) is 0 Å². The highest BCUT2D eigenvalue weighted by atomic mass is 16.5. The van der Waals surface area contributed by atoms with E-state index in [1.54, 1.807) is 6.92 Å². The minimum atomic E-state index is -0.234. The Morgan fingerprint density at radius 2 is 2.19 bits per heavy atom. The maximum absolute atomic E-state index is 11.1. The van der Waals surface area contributed by atoms with E-state index in [0.717, 1.165) is 12.8 Å². The normalized spacial score (nSPS) is 14.8. The van der Waals surface area contributed by atoms with Gasteiger partial charge in [-0.2, -0.15) is 0 Å². The van der Waals surface area contributed by atoms with Crippen LogP contribution in [-0.4, -0.2) is 17.9 Å². The third-order valence-corrected chi connectivity index (χ3v) is 2.11. The molecule has 0 aliphatic heterocycles. The van der Waals surface area contributed by atoms with Gasteiger partial charge in [0.05, 0.1) is 6.04 Å². The molecule has 0 radical (unpaired) electrons. The van der Waals surface area contributed by atoms with Gasteiger partial charge in [-0.25, -0.2) is 0 Å². The molecule has 0 aromatic heterocycles. The molecule has 0 aliphatic carbocycles. The Kier molecular flexibility index (Phi) is 7.56. The summed E-state index contributed by atoms with van der Waals surface area (Å²) in [6, 6.07) is -0.214. The molecule has 0 aromatic carbocycles. The largest absolute Gasteiger partial charge is 0.489 e. The zero-order chi connectivity index (χ0) is 12.6. The first kappa shape index (κ1) is 14.9. The molecule has 3 nitrogen and oxygen atoms in total. The van der Waals surface area contributed by atoms with Gasteiger partial charge in [0.2, 0.25) is 0 Å². The second-order valence-corrected chi connectivity index (χ2v) is 4.03. The van der Waals surface area contributed by atoms with Gasteiger partial charge in [-0.3, -0.25) is 4.79 Å². The van der Waals surface area contributed by atoms with Crippen molar-refractivity contribution < 1.29 is 9.53 Å². The van der Waals surface area contributed by atoms with Gasteiger partial charge in [-0.15, -0.1) is 0 Å². The SMILES string of the molecule is C=C(OC(C=CCCC)CC(C)=O)C(C)N. The molecular weight excluding hydrogens is 202 g/mol. The molecule has 0 saturated carbocycles. The zero-order valence-corrected chi connectivity index (χ0v) is 10.5. The lowest BCUT2D eigenvalue weighted by Gasteiger charge is -2.18. The van der Waals surface area contributed by atoms with Crippen LogP contribution in [-0.2, 0) is 9.53 Å². The molecule has 0 aliphatic rings. The van der Waals surface area contributed by atoms with Crippen molar-refractivity contribution in [3.63, 3.8) is 0 Å². The van der Waals surface area contributed by atoms with Crippen LogP contribution in [0.5, 0.6) is 0 Å². The summed E-state index contributed by atoms with van der Waals surface area (Å²) >= 11 is 0. The van der Waals surface area contributed by atoms with Crippen molar-refractivity contribution in [3.8, 4) is 0 Å². The highest BCUT2D eigenvalue weighted by molar-refractivity contribution is 5.76. The molecule has 0 amide bonds. The van der Waals surface area contributed by atoms with Crippen molar-refractivity contribution in [2.24, 2.45) is 5.73 Å². The van der Waals surface area contributed by atoms with Crippen LogP contribution in [0.15, 0.2) is 24.5 Å². The molecular formula is C13H23NO2. The average molecular weight is 225 g/mol. The summed E-state index contributed by atoms with van der Waals surface area (Å²) < 4.78 is 5.54. The van der Waals surface area contributed by atoms with Crippen molar-refractivity contribution in [2.45, 2.75) is 52.2 Å². The summed E-state index contributed by atoms with van der Waals surface area (Å²) in [5, 5.41) is 0. The third-order valence-electron chi connectivity index (χ3n) is 2.11. The number of rotatable bonds is 8. The van der Waals surface area contributed by atoms with Crippen LogP contribution >= 0.6 is 0 Å². The Morgan fingerprint density at radius 3 is 2.62 bits per heavy atom. The van der Waals surface area contributed by atoms with E-state index in [1.165, 1.54) is 0 Å². The highest BCUT2D eigenvalue weighted by Crippen LogP contribution is 2.10. The number of ketones is 1. The van der Waals surface area contributed by atoms with E-state index in [0.29, 0.717) is 12.2 Å². The van der Waals surface area contributed by atoms with Crippen molar-refractivity contribution in [1.29, 1.82) is 0 Å². The number of carbonyl (C=O) groups excluding carboxylic acids is 1. The molecule has 0 rings (SSSR count). The molecule has 0 fully saturated rings. The maximum atomic E-state index is 11.1. The number of hydrogen-bond acceptors (Lipinski definition) is 3. The van der Waals surface area contributed by atoms with Crippen LogP contribution in [0.25, 0.3) is 0 Å². The monoisotopic (exact) mass is 225 g/mol. The van der Waals surface area contributed by atoms with Crippen molar-refractivity contribution in [3.05, 3.63) is 24.5 Å². The molecule has 2 N–H and O–H groups in total. The molecule has 2 atom stereocenters. The summed E-state index contributed by atoms with van der Waals surface area (Å²) in [4.78, 5) is 11.1. The molecule has 16 heavy (non-hydrogen) atoms. The maximum Gasteiger partial charge on any atom is 0.133 e. The van der Waals surface area contributed by atoms with Crippen LogP contribution in [0.4, 0.5) is 0 Å². The Morgan fingerprint density at radius 1 is 1.56 bits per heavy atom. The Bertz CT molecular complexity index is 257. The minimum absolute atomic E-state index is 0.101. The van der Waals surface area contributed by atoms with Gasteiger partial charge in [-0.1, -0.05) is 26.0 Å². The van der Waals surface area contributed by atoms with E-state index < -0.39 is 0 Å². The minimum Gasteiger partial charge on any atom is -0.489 e. The lowest BCUT2D eigenvalue weighted by Crippen LogP contribution is -2.23. The third kappa shape index (κ3) is 7.23. The summed E-state index contributed by atoms with van der Waals surface area (Å²) in [6.45, 7) is 9.20. The van der Waals surface area contributed by atoms with E-state index in [4.69, 9.17) is 10.5 Å². The molecule has 0 aromatic rings. The van der Waals surface area contributed by atoms with Gasteiger partial charge in [0.1, 0.15) is 17.6 Å². The standard InChI is InChI=1S/C13H23NO2/c1-5-6-7-8-13(9-10(2)15)16-12(4)11(3)14/h7-8,11,13H,4-6,9,14H2,1-3H3. The average Bonchev–Trinajstić information content (AvgIpc) is 2.16. The molecule has 0 heterocycles. The highest BCUT2D eigenvalue weighted by Gasteiger charge is 2.12. The molecule has 0 saturated heterocycles. The summed E-state index contributed by atoms with van der Waals surface area (Å²) in [5.41, 5.74) is 5.64. The van der Waals surface area contributed by atoms with E-state index in [1.807, 2.05) is 19.1 Å². The van der Waals surface area contributed by atoms with Gasteiger partial charge >= 0.3 is 0 Å². The number of carbonyl (C=O) groups is 1. The topological polar surface area (TPSA) is 52.3 Å². The Balaban J connectivity index is 4.30. The number of ether oxygens (including phenoxy) is 1. The van der Waals surface area contributed by atoms with Crippen LogP contribution < -0.4 is 5.73 Å². The van der Waals surface area contributed by atoms with Gasteiger partial charge in [0.15, 0.2) is 0 Å². The summed E-state index contributed by atoms with van der Waals surface area (Å²) in [6.07, 6.45) is 6.15. The predicted molar refractivity (Wildman–Crippen MR) is 67.0 cm³/mol. The van der Waals surface area contributed by atoms with Crippen LogP contribution in [0, 0.1) is 0 Å². The van der Waals surface area contributed by atoms with E-state index in [2.05, 4.69) is 13.5 Å². The van der Waals surface area contributed by atoms with Crippen LogP contribution in [0.1, 0.15) is 40.0 Å². The number of unbranched alkanes of at least 4 members (excludes halogenated alkanes) is 1. The lowest BCUT2D eigenvalue weighted by atomic mass is 10.1. The summed E-state index contributed by atoms with van der Waals surface area (Å²) in [7, 11) is 0. The Labute approximate surface area is 98.4 Å². The first-order chi connectivity index (χ1) is 7.47. The van der Waals surface area contributed by atoms with E-state index >= 15 is 0 Å². The fourth-order valence-corrected chi connectivity index (χ4v) is 1.15. The molecule has 92 valence electrons. The molecule has 0 bridgehead atoms. The number of allylic oxidation sites excluding steroid dienone is 1. The zero-order valence-electron chi connectivity index (χ0n) is 10.5. The Hall–Kier alpha value is -1.09. The number of Topliss-reactive ketones (excluding diaryl/α,β-unsaturated/α-hetero) is 1. The second kappa shape index (κ2) is 8.11. The van der Waals surface area contributed by atoms with Crippen molar-refractivity contribution in [2.75, 3.05) is 0 Å². The van der Waals surface area contributed by atoms with Crippen LogP contribution in [0.2, 0.25) is 0 Å². The molecule has 0 spiro atoms. The number of nitrogens with two attached hydrogens (primary N) is 1. The number of hydrogen-bond donors (Lipinski definition) is 1. The first-order valence-electron chi connectivity index (χ1n) is 5.74. The molecule has 2 unspecified atom stereocenters. The fourth-order valence-electron chi connectivity index (χ4n) is 1.15. The van der Waals surface area contributed by atoms with Gasteiger partial charge < -0.3 is 10.5 Å². The van der Waals surface area contributed by atoms with E-state index in [9.17, 15) is 4.79 Å². The van der Waals surface area contributed by atoms with E-state index in [-0.39, 0.29) is 17.9 Å². The fraction of sp³-hybridized carbons (Fsp3) is 0.615. The van der Waals surface area contributed by atoms with Gasteiger partial charge in [0.25, 0.3) is 0 Å². The molecule has 3 heteroatoms. The summed E-state index contributed by atoms with van der Waals surface area (Å²) in [5.74, 6) is 0.621. The van der Waals surface area contributed by atoms with Crippen molar-refractivity contribution >= 4 is 5.78 Å². The predicted octanol–water partition coefficient (Wildman–Crippen LogP) is 2.57. The van der Waals surface area contributed by atoms with Gasteiger partial charge in [-0.05, 0) is 26.3 Å². The lowest BCUT2D eigenvalue weighted by molar-refractivity contribution is -0.118. The second-order valence-electron chi connectivity index (χ2n) is 4.03. The smallest absolute Gasteiger partial charge is 0.133 e. The van der Waals surface area contributed by atoms with Gasteiger partial charge in [0, 0.05) is 6.42 Å². The van der Waals surface area contributed by atoms with Crippen molar-refractivity contribution in [1.82, 2.24) is 0 Å². The quantitative estimate of drug-likeness (QED) is 0.510. The first-order valence-corrected chi connectivity index (χ1v) is 5.74.